The van der Waals surface area contributed by atoms with Crippen molar-refractivity contribution in [3.8, 4) is 11.4 Å². The fraction of sp³-hybridized carbons (Fsp3) is 0.577. The molecule has 3 heterocycles. The largest absolute Gasteiger partial charge is 0.356 e. The highest BCUT2D eigenvalue weighted by molar-refractivity contribution is 5.75. The Bertz CT molecular complexity index is 917. The van der Waals surface area contributed by atoms with Crippen molar-refractivity contribution in [1.29, 1.82) is 0 Å². The van der Waals surface area contributed by atoms with E-state index in [1.54, 1.807) is 0 Å². The van der Waals surface area contributed by atoms with Crippen LogP contribution in [0.2, 0.25) is 0 Å². The summed E-state index contributed by atoms with van der Waals surface area (Å²) in [4.78, 5) is 27.6. The van der Waals surface area contributed by atoms with E-state index in [4.69, 9.17) is 9.97 Å². The molecule has 6 heteroatoms. The summed E-state index contributed by atoms with van der Waals surface area (Å²) < 4.78 is 0. The number of carbonyl (C=O) groups excluding carboxylic acids is 1. The number of amides is 2. The second-order valence-electron chi connectivity index (χ2n) is 9.52. The van der Waals surface area contributed by atoms with Crippen molar-refractivity contribution in [3.05, 3.63) is 41.6 Å². The lowest BCUT2D eigenvalue weighted by atomic mass is 9.95. The minimum atomic E-state index is 0.0801. The van der Waals surface area contributed by atoms with Crippen LogP contribution in [-0.2, 0) is 13.0 Å². The van der Waals surface area contributed by atoms with E-state index in [1.807, 2.05) is 23.1 Å². The molecule has 1 aromatic carbocycles. The van der Waals surface area contributed by atoms with Gasteiger partial charge in [-0.05, 0) is 25.7 Å². The summed E-state index contributed by atoms with van der Waals surface area (Å²) in [5, 5.41) is 3.30. The van der Waals surface area contributed by atoms with Crippen LogP contribution in [0.5, 0.6) is 0 Å². The number of anilines is 1. The van der Waals surface area contributed by atoms with Crippen molar-refractivity contribution in [2.75, 3.05) is 24.5 Å². The lowest BCUT2D eigenvalue weighted by molar-refractivity contribution is 0.184. The topological polar surface area (TPSA) is 61.4 Å². The standard InChI is InChI=1S/C26H35N5O/c32-26(27-21-13-7-4-8-14-21)31-18-15-23-22(19-31)25(30-16-9-1-2-10-17-30)29-24(28-23)20-11-5-3-6-12-20/h3,5-6,11-12,21H,1-2,4,7-10,13-19H2,(H,27,32). The summed E-state index contributed by atoms with van der Waals surface area (Å²) >= 11 is 0. The zero-order valence-electron chi connectivity index (χ0n) is 19.1. The first-order chi connectivity index (χ1) is 15.8. The molecule has 0 spiro atoms. The van der Waals surface area contributed by atoms with Crippen LogP contribution in [0.1, 0.15) is 69.0 Å². The van der Waals surface area contributed by atoms with Crippen LogP contribution < -0.4 is 10.2 Å². The van der Waals surface area contributed by atoms with Crippen molar-refractivity contribution in [2.24, 2.45) is 0 Å². The molecule has 1 saturated heterocycles. The van der Waals surface area contributed by atoms with Crippen molar-refractivity contribution >= 4 is 11.8 Å². The molecule has 1 aromatic heterocycles. The maximum Gasteiger partial charge on any atom is 0.317 e. The SMILES string of the molecule is O=C(NC1CCCCC1)N1CCc2nc(-c3ccccc3)nc(N3CCCCCC3)c2C1. The highest BCUT2D eigenvalue weighted by atomic mass is 16.2. The molecule has 0 atom stereocenters. The summed E-state index contributed by atoms with van der Waals surface area (Å²) in [5.74, 6) is 1.86. The molecule has 1 N–H and O–H groups in total. The number of fused-ring (bicyclic) bond motifs is 1. The molecule has 0 bridgehead atoms. The molecule has 2 fully saturated rings. The monoisotopic (exact) mass is 433 g/mol. The quantitative estimate of drug-likeness (QED) is 0.746. The van der Waals surface area contributed by atoms with Gasteiger partial charge in [-0.25, -0.2) is 14.8 Å². The summed E-state index contributed by atoms with van der Waals surface area (Å²) in [7, 11) is 0. The molecule has 1 saturated carbocycles. The second kappa shape index (κ2) is 9.88. The molecular formula is C26H35N5O. The molecule has 3 aliphatic rings. The van der Waals surface area contributed by atoms with Gasteiger partial charge in [0.2, 0.25) is 0 Å². The van der Waals surface area contributed by atoms with E-state index in [-0.39, 0.29) is 6.03 Å². The smallest absolute Gasteiger partial charge is 0.317 e. The van der Waals surface area contributed by atoms with Crippen molar-refractivity contribution < 1.29 is 4.79 Å². The molecule has 0 radical (unpaired) electrons. The van der Waals surface area contributed by atoms with Crippen molar-refractivity contribution in [2.45, 2.75) is 76.8 Å². The second-order valence-corrected chi connectivity index (χ2v) is 9.52. The van der Waals surface area contributed by atoms with E-state index >= 15 is 0 Å². The van der Waals surface area contributed by atoms with Crippen molar-refractivity contribution in [3.63, 3.8) is 0 Å². The first-order valence-electron chi connectivity index (χ1n) is 12.5. The summed E-state index contributed by atoms with van der Waals surface area (Å²) in [6, 6.07) is 10.7. The van der Waals surface area contributed by atoms with E-state index in [0.717, 1.165) is 67.4 Å². The van der Waals surface area contributed by atoms with Gasteiger partial charge < -0.3 is 15.1 Å². The third-order valence-corrected chi connectivity index (χ3v) is 7.20. The third-order valence-electron chi connectivity index (χ3n) is 7.20. The Morgan fingerprint density at radius 1 is 0.875 bits per heavy atom. The van der Waals surface area contributed by atoms with E-state index < -0.39 is 0 Å². The van der Waals surface area contributed by atoms with E-state index in [2.05, 4.69) is 22.3 Å². The zero-order chi connectivity index (χ0) is 21.8. The maximum absolute atomic E-state index is 13.1. The molecule has 2 aromatic rings. The number of nitrogens with one attached hydrogen (secondary N) is 1. The number of urea groups is 1. The average Bonchev–Trinajstić information content (AvgIpc) is 3.14. The third kappa shape index (κ3) is 4.74. The van der Waals surface area contributed by atoms with Crippen LogP contribution in [0.3, 0.4) is 0 Å². The highest BCUT2D eigenvalue weighted by Gasteiger charge is 2.29. The van der Waals surface area contributed by atoms with Crippen LogP contribution in [0, 0.1) is 0 Å². The van der Waals surface area contributed by atoms with Gasteiger partial charge in [0.25, 0.3) is 0 Å². The lowest BCUT2D eigenvalue weighted by Crippen LogP contribution is -2.47. The van der Waals surface area contributed by atoms with Crippen molar-refractivity contribution in [1.82, 2.24) is 20.2 Å². The number of carbonyl (C=O) groups is 1. The Kier molecular flexibility index (Phi) is 6.56. The Hall–Kier alpha value is -2.63. The summed E-state index contributed by atoms with van der Waals surface area (Å²) in [6.45, 7) is 3.39. The average molecular weight is 434 g/mol. The molecule has 2 amide bonds. The minimum Gasteiger partial charge on any atom is -0.356 e. The zero-order valence-corrected chi connectivity index (χ0v) is 19.1. The number of aromatic nitrogens is 2. The normalized spacial score (nSPS) is 19.9. The number of rotatable bonds is 3. The Morgan fingerprint density at radius 3 is 2.34 bits per heavy atom. The van der Waals surface area contributed by atoms with Gasteiger partial charge in [-0.2, -0.15) is 0 Å². The molecule has 1 aliphatic carbocycles. The molecule has 6 nitrogen and oxygen atoms in total. The van der Waals surface area contributed by atoms with Crippen LogP contribution in [0.4, 0.5) is 10.6 Å². The molecule has 5 rings (SSSR count). The van der Waals surface area contributed by atoms with Gasteiger partial charge in [0.15, 0.2) is 5.82 Å². The van der Waals surface area contributed by atoms with Crippen LogP contribution in [0.15, 0.2) is 30.3 Å². The van der Waals surface area contributed by atoms with E-state index in [1.165, 1.54) is 44.9 Å². The summed E-state index contributed by atoms with van der Waals surface area (Å²) in [6.07, 6.45) is 11.7. The number of nitrogens with zero attached hydrogens (tertiary/aromatic N) is 4. The van der Waals surface area contributed by atoms with Crippen LogP contribution >= 0.6 is 0 Å². The van der Waals surface area contributed by atoms with Gasteiger partial charge in [0, 0.05) is 43.2 Å². The molecule has 0 unspecified atom stereocenters. The van der Waals surface area contributed by atoms with Gasteiger partial charge in [-0.1, -0.05) is 62.4 Å². The van der Waals surface area contributed by atoms with Crippen LogP contribution in [-0.4, -0.2) is 46.6 Å². The van der Waals surface area contributed by atoms with Gasteiger partial charge in [-0.3, -0.25) is 0 Å². The molecule has 170 valence electrons. The summed E-state index contributed by atoms with van der Waals surface area (Å²) in [5.41, 5.74) is 3.32. The first kappa shape index (κ1) is 21.2. The predicted octanol–water partition coefficient (Wildman–Crippen LogP) is 4.92. The molecule has 32 heavy (non-hydrogen) atoms. The van der Waals surface area contributed by atoms with Gasteiger partial charge in [0.05, 0.1) is 12.2 Å². The fourth-order valence-corrected chi connectivity index (χ4v) is 5.34. The first-order valence-corrected chi connectivity index (χ1v) is 12.5. The van der Waals surface area contributed by atoms with Gasteiger partial charge in [0.1, 0.15) is 5.82 Å². The molecule has 2 aliphatic heterocycles. The Labute approximate surface area is 191 Å². The van der Waals surface area contributed by atoms with Gasteiger partial charge >= 0.3 is 6.03 Å². The Morgan fingerprint density at radius 2 is 1.59 bits per heavy atom. The van der Waals surface area contributed by atoms with Gasteiger partial charge in [-0.15, -0.1) is 0 Å². The fourth-order valence-electron chi connectivity index (χ4n) is 5.34. The van der Waals surface area contributed by atoms with E-state index in [9.17, 15) is 4.79 Å². The number of hydrogen-bond donors (Lipinski definition) is 1. The van der Waals surface area contributed by atoms with E-state index in [0.29, 0.717) is 12.6 Å². The number of benzene rings is 1. The molecular weight excluding hydrogens is 398 g/mol. The predicted molar refractivity (Wildman–Crippen MR) is 128 cm³/mol. The Balaban J connectivity index is 1.43. The lowest BCUT2D eigenvalue weighted by Gasteiger charge is -2.34. The highest BCUT2D eigenvalue weighted by Crippen LogP contribution is 2.31. The van der Waals surface area contributed by atoms with Crippen LogP contribution in [0.25, 0.3) is 11.4 Å². The number of hydrogen-bond acceptors (Lipinski definition) is 4. The minimum absolute atomic E-state index is 0.0801. The maximum atomic E-state index is 13.1.